The first kappa shape index (κ1) is 15.8. The summed E-state index contributed by atoms with van der Waals surface area (Å²) >= 11 is 0. The van der Waals surface area contributed by atoms with Crippen LogP contribution in [0, 0.1) is 0 Å². The van der Waals surface area contributed by atoms with E-state index in [1.165, 1.54) is 0 Å². The second kappa shape index (κ2) is 8.93. The number of methoxy groups -OCH3 is 2. The zero-order valence-electron chi connectivity index (χ0n) is 11.5. The Morgan fingerprint density at radius 3 is 2.38 bits per heavy atom. The number of nitrogens with one attached hydrogen (secondary N) is 1. The zero-order valence-corrected chi connectivity index (χ0v) is 11.5. The first-order chi connectivity index (χ1) is 7.52. The summed E-state index contributed by atoms with van der Waals surface area (Å²) in [5.74, 6) is 0. The minimum Gasteiger partial charge on any atom is -0.383 e. The van der Waals surface area contributed by atoms with Gasteiger partial charge in [-0.1, -0.05) is 0 Å². The van der Waals surface area contributed by atoms with Gasteiger partial charge in [0.2, 0.25) is 0 Å². The average molecular weight is 232 g/mol. The molecule has 0 bridgehead atoms. The molecular formula is C12H28N2O2. The van der Waals surface area contributed by atoms with E-state index in [9.17, 15) is 0 Å². The molecule has 1 N–H and O–H groups in total. The van der Waals surface area contributed by atoms with E-state index in [1.54, 1.807) is 14.2 Å². The van der Waals surface area contributed by atoms with E-state index in [1.807, 2.05) is 0 Å². The molecule has 0 amide bonds. The minimum absolute atomic E-state index is 0.0161. The van der Waals surface area contributed by atoms with Gasteiger partial charge in [0.05, 0.1) is 12.2 Å². The van der Waals surface area contributed by atoms with Crippen molar-refractivity contribution in [3.8, 4) is 0 Å². The molecule has 0 saturated heterocycles. The van der Waals surface area contributed by atoms with Crippen LogP contribution in [0.15, 0.2) is 0 Å². The van der Waals surface area contributed by atoms with E-state index < -0.39 is 0 Å². The number of ether oxygens (including phenoxy) is 2. The molecule has 0 aromatic carbocycles. The monoisotopic (exact) mass is 232 g/mol. The van der Waals surface area contributed by atoms with Gasteiger partial charge in [-0.25, -0.2) is 0 Å². The summed E-state index contributed by atoms with van der Waals surface area (Å²) in [5, 5.41) is 3.33. The topological polar surface area (TPSA) is 33.7 Å². The molecule has 4 heteroatoms. The van der Waals surface area contributed by atoms with Gasteiger partial charge in [0.15, 0.2) is 0 Å². The van der Waals surface area contributed by atoms with Crippen LogP contribution in [0.1, 0.15) is 20.3 Å². The first-order valence-electron chi connectivity index (χ1n) is 5.95. The van der Waals surface area contributed by atoms with Crippen LogP contribution < -0.4 is 5.32 Å². The largest absolute Gasteiger partial charge is 0.383 e. The van der Waals surface area contributed by atoms with E-state index in [-0.39, 0.29) is 5.60 Å². The fourth-order valence-corrected chi connectivity index (χ4v) is 1.24. The number of hydrogen-bond acceptors (Lipinski definition) is 4. The van der Waals surface area contributed by atoms with Crippen LogP contribution >= 0.6 is 0 Å². The van der Waals surface area contributed by atoms with Crippen molar-refractivity contribution in [1.82, 2.24) is 10.2 Å². The third kappa shape index (κ3) is 9.09. The SMILES string of the molecule is COCCNCCN(C)CCC(C)(C)OC. The molecule has 0 aromatic heterocycles. The van der Waals surface area contributed by atoms with Crippen LogP contribution in [0.25, 0.3) is 0 Å². The Balaban J connectivity index is 3.41. The van der Waals surface area contributed by atoms with Gasteiger partial charge in [0, 0.05) is 40.4 Å². The Bertz CT molecular complexity index is 163. The van der Waals surface area contributed by atoms with E-state index in [0.717, 1.165) is 39.2 Å². The summed E-state index contributed by atoms with van der Waals surface area (Å²) in [6.45, 7) is 9.08. The average Bonchev–Trinajstić information content (AvgIpc) is 2.26. The quantitative estimate of drug-likeness (QED) is 0.569. The molecule has 0 aliphatic carbocycles. The predicted molar refractivity (Wildman–Crippen MR) is 67.9 cm³/mol. The molecule has 0 saturated carbocycles. The van der Waals surface area contributed by atoms with Gasteiger partial charge >= 0.3 is 0 Å². The molecule has 0 atom stereocenters. The van der Waals surface area contributed by atoms with Crippen molar-refractivity contribution in [3.05, 3.63) is 0 Å². The van der Waals surface area contributed by atoms with Gasteiger partial charge in [-0.15, -0.1) is 0 Å². The van der Waals surface area contributed by atoms with Crippen LogP contribution in [0.3, 0.4) is 0 Å². The molecule has 0 fully saturated rings. The second-order valence-corrected chi connectivity index (χ2v) is 4.76. The van der Waals surface area contributed by atoms with E-state index >= 15 is 0 Å². The Labute approximate surface area is 100 Å². The molecule has 0 aromatic rings. The highest BCUT2D eigenvalue weighted by Gasteiger charge is 2.16. The number of rotatable bonds is 10. The molecule has 0 unspecified atom stereocenters. The summed E-state index contributed by atoms with van der Waals surface area (Å²) in [7, 11) is 5.64. The van der Waals surface area contributed by atoms with Crippen molar-refractivity contribution in [2.45, 2.75) is 25.9 Å². The number of hydrogen-bond donors (Lipinski definition) is 1. The highest BCUT2D eigenvalue weighted by atomic mass is 16.5. The van der Waals surface area contributed by atoms with Crippen LogP contribution in [0.2, 0.25) is 0 Å². The van der Waals surface area contributed by atoms with Gasteiger partial charge in [0.25, 0.3) is 0 Å². The predicted octanol–water partition coefficient (Wildman–Crippen LogP) is 0.969. The Morgan fingerprint density at radius 2 is 1.81 bits per heavy atom. The van der Waals surface area contributed by atoms with Crippen molar-refractivity contribution in [3.63, 3.8) is 0 Å². The van der Waals surface area contributed by atoms with Crippen LogP contribution in [-0.2, 0) is 9.47 Å². The molecule has 0 radical (unpaired) electrons. The molecular weight excluding hydrogens is 204 g/mol. The van der Waals surface area contributed by atoms with Crippen LogP contribution in [0.5, 0.6) is 0 Å². The Morgan fingerprint density at radius 1 is 1.12 bits per heavy atom. The van der Waals surface area contributed by atoms with E-state index in [2.05, 4.69) is 31.1 Å². The van der Waals surface area contributed by atoms with Crippen molar-refractivity contribution in [1.29, 1.82) is 0 Å². The number of likely N-dealkylation sites (N-methyl/N-ethyl adjacent to an activating group) is 1. The van der Waals surface area contributed by atoms with Crippen LogP contribution in [-0.4, -0.2) is 64.6 Å². The maximum absolute atomic E-state index is 5.39. The lowest BCUT2D eigenvalue weighted by Crippen LogP contribution is -2.34. The molecule has 4 nitrogen and oxygen atoms in total. The van der Waals surface area contributed by atoms with Crippen molar-refractivity contribution < 1.29 is 9.47 Å². The standard InChI is InChI=1S/C12H28N2O2/c1-12(2,16-5)6-9-14(3)10-7-13-8-11-15-4/h13H,6-11H2,1-5H3. The lowest BCUT2D eigenvalue weighted by atomic mass is 10.1. The molecule has 16 heavy (non-hydrogen) atoms. The van der Waals surface area contributed by atoms with Gasteiger partial charge in [0.1, 0.15) is 0 Å². The third-order valence-electron chi connectivity index (χ3n) is 2.80. The summed E-state index contributed by atoms with van der Waals surface area (Å²) < 4.78 is 10.3. The van der Waals surface area contributed by atoms with Crippen molar-refractivity contribution in [2.24, 2.45) is 0 Å². The fourth-order valence-electron chi connectivity index (χ4n) is 1.24. The van der Waals surface area contributed by atoms with E-state index in [0.29, 0.717) is 0 Å². The maximum Gasteiger partial charge on any atom is 0.0634 e. The maximum atomic E-state index is 5.39. The minimum atomic E-state index is -0.0161. The summed E-state index contributed by atoms with van der Waals surface area (Å²) in [4.78, 5) is 2.32. The lowest BCUT2D eigenvalue weighted by Gasteiger charge is -2.26. The van der Waals surface area contributed by atoms with E-state index in [4.69, 9.17) is 9.47 Å². The smallest absolute Gasteiger partial charge is 0.0634 e. The third-order valence-corrected chi connectivity index (χ3v) is 2.80. The van der Waals surface area contributed by atoms with Gasteiger partial charge in [-0.05, 0) is 27.3 Å². The first-order valence-corrected chi connectivity index (χ1v) is 5.95. The highest BCUT2D eigenvalue weighted by Crippen LogP contribution is 2.12. The summed E-state index contributed by atoms with van der Waals surface area (Å²) in [6.07, 6.45) is 1.05. The zero-order chi connectivity index (χ0) is 12.4. The Hall–Kier alpha value is -0.160. The van der Waals surface area contributed by atoms with Gasteiger partial charge < -0.3 is 19.7 Å². The van der Waals surface area contributed by atoms with Gasteiger partial charge in [-0.3, -0.25) is 0 Å². The number of nitrogens with zero attached hydrogens (tertiary/aromatic N) is 1. The lowest BCUT2D eigenvalue weighted by molar-refractivity contribution is 0.00921. The molecule has 0 aliphatic heterocycles. The molecule has 0 heterocycles. The summed E-state index contributed by atoms with van der Waals surface area (Å²) in [5.41, 5.74) is -0.0161. The Kier molecular flexibility index (Phi) is 8.84. The second-order valence-electron chi connectivity index (χ2n) is 4.76. The van der Waals surface area contributed by atoms with Crippen molar-refractivity contribution in [2.75, 3.05) is 54.1 Å². The summed E-state index contributed by atoms with van der Waals surface area (Å²) in [6, 6.07) is 0. The molecule has 98 valence electrons. The normalized spacial score (nSPS) is 12.4. The van der Waals surface area contributed by atoms with Crippen LogP contribution in [0.4, 0.5) is 0 Å². The molecule has 0 spiro atoms. The molecule has 0 rings (SSSR count). The highest BCUT2D eigenvalue weighted by molar-refractivity contribution is 4.69. The van der Waals surface area contributed by atoms with Gasteiger partial charge in [-0.2, -0.15) is 0 Å². The van der Waals surface area contributed by atoms with Crippen molar-refractivity contribution >= 4 is 0 Å². The molecule has 0 aliphatic rings. The fraction of sp³-hybridized carbons (Fsp3) is 1.00.